The maximum absolute atomic E-state index is 6.38. The fourth-order valence-electron chi connectivity index (χ4n) is 4.48. The van der Waals surface area contributed by atoms with Crippen molar-refractivity contribution in [1.82, 2.24) is 9.13 Å². The molecule has 0 spiro atoms. The molecule has 0 radical (unpaired) electrons. The minimum absolute atomic E-state index is 0.147. The maximum Gasteiger partial charge on any atom is 0.244 e. The molecule has 0 fully saturated rings. The zero-order valence-corrected chi connectivity index (χ0v) is 22.8. The smallest absolute Gasteiger partial charge is 0.244 e. The van der Waals surface area contributed by atoms with Crippen LogP contribution in [0.4, 0.5) is 0 Å². The number of imidazole rings is 2. The SMILES string of the molecule is CC(C)(C)CC(n1cc[n+](CC[n+]2ccn(C(CC(C)(C)N)C(C)(C)C)c2)c1)C(C)(C)C. The summed E-state index contributed by atoms with van der Waals surface area (Å²) in [5.74, 6) is 0. The summed E-state index contributed by atoms with van der Waals surface area (Å²) in [5, 5.41) is 0. The van der Waals surface area contributed by atoms with Gasteiger partial charge in [-0.1, -0.05) is 62.3 Å². The van der Waals surface area contributed by atoms with Crippen LogP contribution in [0.1, 0.15) is 101 Å². The highest BCUT2D eigenvalue weighted by atomic mass is 15.2. The molecule has 0 aromatic carbocycles. The van der Waals surface area contributed by atoms with Gasteiger partial charge in [-0.25, -0.2) is 18.3 Å². The third-order valence-corrected chi connectivity index (χ3v) is 6.28. The molecule has 5 heteroatoms. The Hall–Kier alpha value is -1.62. The molecule has 2 heterocycles. The molecule has 182 valence electrons. The van der Waals surface area contributed by atoms with Gasteiger partial charge in [0.15, 0.2) is 0 Å². The average Bonchev–Trinajstić information content (AvgIpc) is 3.21. The van der Waals surface area contributed by atoms with E-state index in [0.717, 1.165) is 25.9 Å². The molecule has 2 atom stereocenters. The fourth-order valence-corrected chi connectivity index (χ4v) is 4.48. The summed E-state index contributed by atoms with van der Waals surface area (Å²) < 4.78 is 9.38. The van der Waals surface area contributed by atoms with Crippen LogP contribution in [0.25, 0.3) is 0 Å². The lowest BCUT2D eigenvalue weighted by atomic mass is 9.77. The molecule has 2 aromatic rings. The van der Waals surface area contributed by atoms with Gasteiger partial charge < -0.3 is 5.73 Å². The lowest BCUT2D eigenvalue weighted by Crippen LogP contribution is -2.43. The van der Waals surface area contributed by atoms with E-state index in [1.54, 1.807) is 0 Å². The van der Waals surface area contributed by atoms with Gasteiger partial charge in [-0.15, -0.1) is 0 Å². The summed E-state index contributed by atoms with van der Waals surface area (Å²) in [6.07, 6.45) is 15.5. The lowest BCUT2D eigenvalue weighted by molar-refractivity contribution is -0.778. The zero-order valence-electron chi connectivity index (χ0n) is 22.8. The predicted octanol–water partition coefficient (Wildman–Crippen LogP) is 5.30. The Morgan fingerprint density at radius 1 is 0.656 bits per heavy atom. The molecule has 2 rings (SSSR count). The van der Waals surface area contributed by atoms with Crippen molar-refractivity contribution in [2.75, 3.05) is 0 Å². The molecular formula is C27H51N5+2. The second-order valence-electron chi connectivity index (χ2n) is 13.9. The normalized spacial score (nSPS) is 15.8. The van der Waals surface area contributed by atoms with Crippen molar-refractivity contribution in [1.29, 1.82) is 0 Å². The van der Waals surface area contributed by atoms with E-state index in [-0.39, 0.29) is 16.4 Å². The minimum Gasteiger partial charge on any atom is -0.325 e. The van der Waals surface area contributed by atoms with Gasteiger partial charge in [-0.05, 0) is 25.7 Å². The maximum atomic E-state index is 6.38. The Labute approximate surface area is 197 Å². The first-order chi connectivity index (χ1) is 14.4. The van der Waals surface area contributed by atoms with Gasteiger partial charge >= 0.3 is 0 Å². The molecule has 5 nitrogen and oxygen atoms in total. The van der Waals surface area contributed by atoms with Crippen molar-refractivity contribution in [2.45, 2.75) is 120 Å². The Morgan fingerprint density at radius 3 is 1.34 bits per heavy atom. The van der Waals surface area contributed by atoms with Gasteiger partial charge in [0, 0.05) is 22.8 Å². The van der Waals surface area contributed by atoms with Gasteiger partial charge in [-0.3, -0.25) is 0 Å². The highest BCUT2D eigenvalue weighted by Gasteiger charge is 2.35. The average molecular weight is 446 g/mol. The first-order valence-electron chi connectivity index (χ1n) is 12.3. The van der Waals surface area contributed by atoms with E-state index in [1.807, 2.05) is 0 Å². The van der Waals surface area contributed by atoms with E-state index in [0.29, 0.717) is 17.5 Å². The third-order valence-electron chi connectivity index (χ3n) is 6.28. The molecule has 2 N–H and O–H groups in total. The van der Waals surface area contributed by atoms with Crippen molar-refractivity contribution < 1.29 is 9.13 Å². The van der Waals surface area contributed by atoms with Crippen LogP contribution in [0.3, 0.4) is 0 Å². The minimum atomic E-state index is -0.192. The number of nitrogens with zero attached hydrogens (tertiary/aromatic N) is 4. The van der Waals surface area contributed by atoms with E-state index in [9.17, 15) is 0 Å². The first-order valence-corrected chi connectivity index (χ1v) is 12.3. The second-order valence-corrected chi connectivity index (χ2v) is 13.9. The van der Waals surface area contributed by atoms with Crippen molar-refractivity contribution in [3.63, 3.8) is 0 Å². The van der Waals surface area contributed by atoms with Gasteiger partial charge in [0.2, 0.25) is 12.7 Å². The Bertz CT molecular complexity index is 774. The number of hydrogen-bond acceptors (Lipinski definition) is 1. The Kier molecular flexibility index (Phi) is 7.76. The number of aryl methyl sites for hydroxylation is 2. The largest absolute Gasteiger partial charge is 0.325 e. The Balaban J connectivity index is 2.11. The van der Waals surface area contributed by atoms with E-state index in [4.69, 9.17) is 5.73 Å². The summed E-state index contributed by atoms with van der Waals surface area (Å²) in [7, 11) is 0. The van der Waals surface area contributed by atoms with E-state index in [2.05, 4.69) is 132 Å². The van der Waals surface area contributed by atoms with E-state index >= 15 is 0 Å². The van der Waals surface area contributed by atoms with Crippen molar-refractivity contribution in [2.24, 2.45) is 22.0 Å². The van der Waals surface area contributed by atoms with Crippen LogP contribution in [-0.4, -0.2) is 14.7 Å². The zero-order chi connectivity index (χ0) is 24.5. The highest BCUT2D eigenvalue weighted by molar-refractivity contribution is 4.90. The van der Waals surface area contributed by atoms with Crippen molar-refractivity contribution in [3.05, 3.63) is 37.4 Å². The fraction of sp³-hybridized carbons (Fsp3) is 0.778. The molecular weight excluding hydrogens is 394 g/mol. The number of nitrogens with two attached hydrogens (primary N) is 1. The van der Waals surface area contributed by atoms with Crippen LogP contribution < -0.4 is 14.9 Å². The monoisotopic (exact) mass is 445 g/mol. The van der Waals surface area contributed by atoms with E-state index in [1.165, 1.54) is 0 Å². The standard InChI is InChI=1S/C27H51N5/c1-24(2,3)18-22(25(4,5)6)31-16-14-29(20-31)12-13-30-15-17-32(21-30)23(26(7,8)9)19-27(10,11)28/h14-17,20-23H,12-13,18-19,28H2,1-11H3/q+2. The second kappa shape index (κ2) is 9.32. The van der Waals surface area contributed by atoms with Crippen molar-refractivity contribution >= 4 is 0 Å². The topological polar surface area (TPSA) is 43.6 Å². The molecule has 0 aliphatic carbocycles. The van der Waals surface area contributed by atoms with Gasteiger partial charge in [0.1, 0.15) is 50.0 Å². The molecule has 0 bridgehead atoms. The van der Waals surface area contributed by atoms with Gasteiger partial charge in [0.25, 0.3) is 0 Å². The van der Waals surface area contributed by atoms with Crippen LogP contribution >= 0.6 is 0 Å². The molecule has 0 saturated heterocycles. The molecule has 0 amide bonds. The third kappa shape index (κ3) is 8.06. The molecule has 2 unspecified atom stereocenters. The lowest BCUT2D eigenvalue weighted by Gasteiger charge is -2.33. The quantitative estimate of drug-likeness (QED) is 0.550. The first kappa shape index (κ1) is 26.6. The van der Waals surface area contributed by atoms with Crippen molar-refractivity contribution in [3.8, 4) is 0 Å². The number of rotatable bonds is 8. The van der Waals surface area contributed by atoms with Crippen LogP contribution in [0, 0.1) is 16.2 Å². The molecule has 32 heavy (non-hydrogen) atoms. The molecule has 0 aliphatic rings. The van der Waals surface area contributed by atoms with Crippen LogP contribution in [0.2, 0.25) is 0 Å². The van der Waals surface area contributed by atoms with Crippen LogP contribution in [0.5, 0.6) is 0 Å². The summed E-state index contributed by atoms with van der Waals surface area (Å²) in [4.78, 5) is 0. The van der Waals surface area contributed by atoms with Gasteiger partial charge in [0.05, 0.1) is 0 Å². The molecule has 0 saturated carbocycles. The summed E-state index contributed by atoms with van der Waals surface area (Å²) in [6, 6.07) is 0.840. The highest BCUT2D eigenvalue weighted by Crippen LogP contribution is 2.39. The summed E-state index contributed by atoms with van der Waals surface area (Å²) in [6.45, 7) is 27.1. The van der Waals surface area contributed by atoms with Crippen LogP contribution in [-0.2, 0) is 13.1 Å². The van der Waals surface area contributed by atoms with Gasteiger partial charge in [-0.2, -0.15) is 0 Å². The predicted molar refractivity (Wildman–Crippen MR) is 133 cm³/mol. The molecule has 0 aliphatic heterocycles. The summed E-state index contributed by atoms with van der Waals surface area (Å²) >= 11 is 0. The molecule has 2 aromatic heterocycles. The number of aromatic nitrogens is 4. The van der Waals surface area contributed by atoms with Crippen LogP contribution in [0.15, 0.2) is 37.4 Å². The number of hydrogen-bond donors (Lipinski definition) is 1. The Morgan fingerprint density at radius 2 is 1.03 bits per heavy atom. The summed E-state index contributed by atoms with van der Waals surface area (Å²) in [5.41, 5.74) is 6.85. The van der Waals surface area contributed by atoms with E-state index < -0.39 is 0 Å².